The van der Waals surface area contributed by atoms with E-state index in [1.807, 2.05) is 0 Å². The summed E-state index contributed by atoms with van der Waals surface area (Å²) in [4.78, 5) is 22.2. The molecular formula is C13H12N2O4. The van der Waals surface area contributed by atoms with Crippen molar-refractivity contribution in [3.8, 4) is 0 Å². The van der Waals surface area contributed by atoms with Crippen molar-refractivity contribution >= 4 is 11.9 Å². The lowest BCUT2D eigenvalue weighted by molar-refractivity contribution is 0.0696. The van der Waals surface area contributed by atoms with E-state index in [9.17, 15) is 9.59 Å². The number of carbonyl (C=O) groups is 2. The van der Waals surface area contributed by atoms with Gasteiger partial charge in [0.05, 0.1) is 11.8 Å². The maximum atomic E-state index is 11.5. The molecule has 0 aliphatic rings. The van der Waals surface area contributed by atoms with Crippen LogP contribution < -0.4 is 5.32 Å². The van der Waals surface area contributed by atoms with Crippen LogP contribution in [0.15, 0.2) is 41.1 Å². The first-order chi connectivity index (χ1) is 9.16. The lowest BCUT2D eigenvalue weighted by Crippen LogP contribution is -2.25. The number of rotatable bonds is 5. The van der Waals surface area contributed by atoms with Crippen LogP contribution in [-0.4, -0.2) is 28.7 Å². The molecule has 0 radical (unpaired) electrons. The highest BCUT2D eigenvalue weighted by atomic mass is 16.5. The van der Waals surface area contributed by atoms with Crippen LogP contribution in [-0.2, 0) is 6.42 Å². The quantitative estimate of drug-likeness (QED) is 0.846. The zero-order valence-corrected chi connectivity index (χ0v) is 10.00. The van der Waals surface area contributed by atoms with Gasteiger partial charge in [-0.1, -0.05) is 17.3 Å². The Morgan fingerprint density at radius 1 is 1.21 bits per heavy atom. The number of carbonyl (C=O) groups excluding carboxylic acids is 1. The van der Waals surface area contributed by atoms with E-state index in [4.69, 9.17) is 9.63 Å². The van der Waals surface area contributed by atoms with Gasteiger partial charge in [-0.15, -0.1) is 0 Å². The maximum Gasteiger partial charge on any atom is 0.335 e. The minimum absolute atomic E-state index is 0.168. The zero-order chi connectivity index (χ0) is 13.7. The van der Waals surface area contributed by atoms with Crippen LogP contribution in [0, 0.1) is 0 Å². The van der Waals surface area contributed by atoms with Gasteiger partial charge in [-0.25, -0.2) is 4.79 Å². The molecule has 6 heteroatoms. The molecule has 0 spiro atoms. The summed E-state index contributed by atoms with van der Waals surface area (Å²) in [5, 5.41) is 14.9. The van der Waals surface area contributed by atoms with Crippen LogP contribution in [0.4, 0.5) is 0 Å². The summed E-state index contributed by atoms with van der Waals surface area (Å²) in [7, 11) is 0. The molecule has 2 N–H and O–H groups in total. The van der Waals surface area contributed by atoms with E-state index in [2.05, 4.69) is 10.5 Å². The van der Waals surface area contributed by atoms with Crippen LogP contribution >= 0.6 is 0 Å². The number of nitrogens with zero attached hydrogens (tertiary/aromatic N) is 1. The van der Waals surface area contributed by atoms with Crippen LogP contribution in [0.1, 0.15) is 26.5 Å². The molecule has 1 aromatic carbocycles. The summed E-state index contributed by atoms with van der Waals surface area (Å²) in [5.41, 5.74) is 1.19. The molecule has 98 valence electrons. The van der Waals surface area contributed by atoms with Gasteiger partial charge in [0.15, 0.2) is 0 Å². The minimum atomic E-state index is -0.954. The monoisotopic (exact) mass is 260 g/mol. The third-order valence-electron chi connectivity index (χ3n) is 2.56. The fraction of sp³-hybridized carbons (Fsp3) is 0.154. The molecule has 6 nitrogen and oxygen atoms in total. The van der Waals surface area contributed by atoms with E-state index >= 15 is 0 Å². The highest BCUT2D eigenvalue weighted by molar-refractivity contribution is 5.91. The van der Waals surface area contributed by atoms with E-state index in [0.29, 0.717) is 13.0 Å². The van der Waals surface area contributed by atoms with E-state index in [1.54, 1.807) is 12.1 Å². The van der Waals surface area contributed by atoms with Gasteiger partial charge >= 0.3 is 5.97 Å². The van der Waals surface area contributed by atoms with Crippen molar-refractivity contribution in [1.29, 1.82) is 0 Å². The average Bonchev–Trinajstić information content (AvgIpc) is 2.93. The van der Waals surface area contributed by atoms with Gasteiger partial charge < -0.3 is 14.9 Å². The first-order valence-corrected chi connectivity index (χ1v) is 5.68. The Morgan fingerprint density at radius 3 is 2.53 bits per heavy atom. The molecule has 1 aromatic heterocycles. The summed E-state index contributed by atoms with van der Waals surface area (Å²) < 4.78 is 4.71. The Morgan fingerprint density at radius 2 is 1.95 bits per heavy atom. The second kappa shape index (κ2) is 5.81. The highest BCUT2D eigenvalue weighted by Gasteiger charge is 2.08. The molecule has 0 aliphatic heterocycles. The predicted molar refractivity (Wildman–Crippen MR) is 65.9 cm³/mol. The fourth-order valence-corrected chi connectivity index (χ4v) is 1.55. The summed E-state index contributed by atoms with van der Waals surface area (Å²) in [6.07, 6.45) is 2.01. The highest BCUT2D eigenvalue weighted by Crippen LogP contribution is 2.05. The standard InChI is InChI=1S/C13H12N2O4/c16-12(11-6-8-15-19-11)14-7-5-9-1-3-10(4-2-9)13(17)18/h1-4,6,8H,5,7H2,(H,14,16)(H,17,18). The molecule has 0 aliphatic carbocycles. The van der Waals surface area contributed by atoms with Gasteiger partial charge in [-0.2, -0.15) is 0 Å². The number of benzene rings is 1. The molecule has 2 aromatic rings. The van der Waals surface area contributed by atoms with Crippen LogP contribution in [0.5, 0.6) is 0 Å². The number of carboxylic acids is 1. The average molecular weight is 260 g/mol. The van der Waals surface area contributed by atoms with Gasteiger partial charge in [-0.05, 0) is 24.1 Å². The molecule has 1 heterocycles. The molecule has 0 unspecified atom stereocenters. The van der Waals surface area contributed by atoms with Crippen molar-refractivity contribution in [2.24, 2.45) is 0 Å². The summed E-state index contributed by atoms with van der Waals surface area (Å²) in [6, 6.07) is 8.01. The largest absolute Gasteiger partial charge is 0.478 e. The van der Waals surface area contributed by atoms with Crippen molar-refractivity contribution in [2.45, 2.75) is 6.42 Å². The number of aromatic nitrogens is 1. The van der Waals surface area contributed by atoms with E-state index in [1.165, 1.54) is 24.4 Å². The second-order valence-electron chi connectivity index (χ2n) is 3.88. The van der Waals surface area contributed by atoms with Gasteiger partial charge in [0.2, 0.25) is 5.76 Å². The molecule has 0 saturated carbocycles. The zero-order valence-electron chi connectivity index (χ0n) is 10.00. The van der Waals surface area contributed by atoms with Gasteiger partial charge in [0, 0.05) is 12.6 Å². The van der Waals surface area contributed by atoms with E-state index in [0.717, 1.165) is 5.56 Å². The Kier molecular flexibility index (Phi) is 3.92. The summed E-state index contributed by atoms with van der Waals surface area (Å²) in [5.74, 6) is -1.11. The number of hydrogen-bond acceptors (Lipinski definition) is 4. The molecule has 0 saturated heterocycles. The molecule has 1 amide bonds. The molecular weight excluding hydrogens is 248 g/mol. The predicted octanol–water partition coefficient (Wildman–Crippen LogP) is 1.35. The Labute approximate surface area is 109 Å². The van der Waals surface area contributed by atoms with Crippen molar-refractivity contribution in [2.75, 3.05) is 6.54 Å². The first kappa shape index (κ1) is 12.8. The SMILES string of the molecule is O=C(O)c1ccc(CCNC(=O)c2ccno2)cc1. The van der Waals surface area contributed by atoms with Crippen LogP contribution in [0.25, 0.3) is 0 Å². The Hall–Kier alpha value is -2.63. The van der Waals surface area contributed by atoms with Crippen LogP contribution in [0.2, 0.25) is 0 Å². The summed E-state index contributed by atoms with van der Waals surface area (Å²) >= 11 is 0. The summed E-state index contributed by atoms with van der Waals surface area (Å²) in [6.45, 7) is 0.436. The molecule has 0 fully saturated rings. The van der Waals surface area contributed by atoms with Crippen molar-refractivity contribution in [3.63, 3.8) is 0 Å². The minimum Gasteiger partial charge on any atom is -0.478 e. The molecule has 19 heavy (non-hydrogen) atoms. The molecule has 0 bridgehead atoms. The number of carboxylic acid groups (broad SMARTS) is 1. The topological polar surface area (TPSA) is 92.4 Å². The number of aromatic carboxylic acids is 1. The van der Waals surface area contributed by atoms with Crippen molar-refractivity contribution in [3.05, 3.63) is 53.4 Å². The smallest absolute Gasteiger partial charge is 0.335 e. The Balaban J connectivity index is 1.82. The van der Waals surface area contributed by atoms with Gasteiger partial charge in [0.25, 0.3) is 5.91 Å². The van der Waals surface area contributed by atoms with Crippen molar-refractivity contribution < 1.29 is 19.2 Å². The van der Waals surface area contributed by atoms with Gasteiger partial charge in [0.1, 0.15) is 0 Å². The third kappa shape index (κ3) is 3.41. The number of nitrogens with one attached hydrogen (secondary N) is 1. The maximum absolute atomic E-state index is 11.5. The van der Waals surface area contributed by atoms with Crippen LogP contribution in [0.3, 0.4) is 0 Å². The van der Waals surface area contributed by atoms with Gasteiger partial charge in [-0.3, -0.25) is 4.79 Å². The third-order valence-corrected chi connectivity index (χ3v) is 2.56. The van der Waals surface area contributed by atoms with E-state index in [-0.39, 0.29) is 17.2 Å². The first-order valence-electron chi connectivity index (χ1n) is 5.68. The lowest BCUT2D eigenvalue weighted by atomic mass is 10.1. The molecule has 0 atom stereocenters. The normalized spacial score (nSPS) is 10.1. The second-order valence-corrected chi connectivity index (χ2v) is 3.88. The number of hydrogen-bond donors (Lipinski definition) is 2. The molecule has 2 rings (SSSR count). The number of amides is 1. The van der Waals surface area contributed by atoms with E-state index < -0.39 is 5.97 Å². The lowest BCUT2D eigenvalue weighted by Gasteiger charge is -2.03. The Bertz CT molecular complexity index is 561. The fourth-order valence-electron chi connectivity index (χ4n) is 1.55. The van der Waals surface area contributed by atoms with Crippen molar-refractivity contribution in [1.82, 2.24) is 10.5 Å².